The van der Waals surface area contributed by atoms with Crippen molar-refractivity contribution in [3.05, 3.63) is 106 Å². The van der Waals surface area contributed by atoms with Crippen LogP contribution in [0.1, 0.15) is 48.8 Å². The highest BCUT2D eigenvalue weighted by molar-refractivity contribution is 5.80. The predicted octanol–water partition coefficient (Wildman–Crippen LogP) is 6.11. The number of anilines is 1. The van der Waals surface area contributed by atoms with Crippen LogP contribution in [0, 0.1) is 0 Å². The summed E-state index contributed by atoms with van der Waals surface area (Å²) >= 11 is 0. The van der Waals surface area contributed by atoms with Gasteiger partial charge >= 0.3 is 0 Å². The summed E-state index contributed by atoms with van der Waals surface area (Å²) in [4.78, 5) is 19.6. The summed E-state index contributed by atoms with van der Waals surface area (Å²) in [5.41, 5.74) is 8.57. The lowest BCUT2D eigenvalue weighted by Gasteiger charge is -2.42. The van der Waals surface area contributed by atoms with Gasteiger partial charge in [-0.3, -0.25) is 4.79 Å². The van der Waals surface area contributed by atoms with Crippen molar-refractivity contribution in [3.8, 4) is 22.7 Å². The van der Waals surface area contributed by atoms with Gasteiger partial charge in [0.05, 0.1) is 30.3 Å². The van der Waals surface area contributed by atoms with Gasteiger partial charge in [0.1, 0.15) is 5.75 Å². The minimum absolute atomic E-state index is 0.00486. The minimum atomic E-state index is -0.173. The fraction of sp³-hybridized carbons (Fsp3) is 0.258. The first-order valence-corrected chi connectivity index (χ1v) is 12.9. The summed E-state index contributed by atoms with van der Waals surface area (Å²) in [7, 11) is 1.64. The first-order valence-electron chi connectivity index (χ1n) is 12.9. The van der Waals surface area contributed by atoms with Crippen LogP contribution in [0.15, 0.2) is 88.8 Å². The lowest BCUT2D eigenvalue weighted by Crippen LogP contribution is -2.42. The van der Waals surface area contributed by atoms with Crippen molar-refractivity contribution in [2.24, 2.45) is 5.10 Å². The lowest BCUT2D eigenvalue weighted by molar-refractivity contribution is 0.284. The van der Waals surface area contributed by atoms with E-state index in [-0.39, 0.29) is 11.0 Å². The Morgan fingerprint density at radius 1 is 0.946 bits per heavy atom. The molecule has 0 radical (unpaired) electrons. The van der Waals surface area contributed by atoms with Crippen molar-refractivity contribution < 1.29 is 4.74 Å². The van der Waals surface area contributed by atoms with Crippen LogP contribution in [-0.4, -0.2) is 22.9 Å². The van der Waals surface area contributed by atoms with Crippen molar-refractivity contribution in [2.45, 2.75) is 43.9 Å². The number of para-hydroxylation sites is 1. The first-order chi connectivity index (χ1) is 18.2. The number of ether oxygens (including phenoxy) is 1. The molecule has 2 aliphatic rings. The molecule has 1 aromatic heterocycles. The van der Waals surface area contributed by atoms with E-state index in [0.29, 0.717) is 5.95 Å². The van der Waals surface area contributed by atoms with Gasteiger partial charge in [-0.1, -0.05) is 61.7 Å². The number of nitrogens with zero attached hydrogens (tertiary/aromatic N) is 3. The van der Waals surface area contributed by atoms with Crippen LogP contribution in [-0.2, 0) is 11.8 Å². The Morgan fingerprint density at radius 2 is 1.68 bits per heavy atom. The molecule has 0 amide bonds. The minimum Gasteiger partial charge on any atom is -0.497 e. The van der Waals surface area contributed by atoms with Gasteiger partial charge in [-0.15, -0.1) is 0 Å². The van der Waals surface area contributed by atoms with Crippen LogP contribution in [0.25, 0.3) is 16.9 Å². The van der Waals surface area contributed by atoms with E-state index in [2.05, 4.69) is 28.7 Å². The SMILES string of the molecule is COc1ccc(/C=N\Nc2nc3c(c(=O)n2-c2ccccc2)C2(CCCCC2)Cc2ccccc2-3)cc1. The Labute approximate surface area is 216 Å². The van der Waals surface area contributed by atoms with Crippen LogP contribution in [0.4, 0.5) is 5.95 Å². The van der Waals surface area contributed by atoms with Gasteiger partial charge in [0, 0.05) is 11.0 Å². The van der Waals surface area contributed by atoms with E-state index < -0.39 is 0 Å². The number of benzene rings is 3. The third-order valence-corrected chi connectivity index (χ3v) is 7.73. The molecule has 1 heterocycles. The average Bonchev–Trinajstić information content (AvgIpc) is 2.94. The van der Waals surface area contributed by atoms with E-state index in [1.54, 1.807) is 17.9 Å². The van der Waals surface area contributed by atoms with Crippen molar-refractivity contribution in [1.82, 2.24) is 9.55 Å². The smallest absolute Gasteiger partial charge is 0.263 e. The van der Waals surface area contributed by atoms with Crippen molar-refractivity contribution in [1.29, 1.82) is 0 Å². The van der Waals surface area contributed by atoms with Crippen LogP contribution in [0.2, 0.25) is 0 Å². The molecule has 0 saturated heterocycles. The number of aromatic nitrogens is 2. The molecule has 6 rings (SSSR count). The third kappa shape index (κ3) is 4.22. The fourth-order valence-corrected chi connectivity index (χ4v) is 5.95. The molecular formula is C31H30N4O2. The largest absolute Gasteiger partial charge is 0.497 e. The van der Waals surface area contributed by atoms with Crippen LogP contribution >= 0.6 is 0 Å². The summed E-state index contributed by atoms with van der Waals surface area (Å²) in [5.74, 6) is 1.19. The van der Waals surface area contributed by atoms with Gasteiger partial charge in [-0.05, 0) is 66.8 Å². The second kappa shape index (κ2) is 9.69. The molecule has 2 aliphatic carbocycles. The molecule has 0 bridgehead atoms. The predicted molar refractivity (Wildman–Crippen MR) is 148 cm³/mol. The highest BCUT2D eigenvalue weighted by Crippen LogP contribution is 2.48. The summed E-state index contributed by atoms with van der Waals surface area (Å²) < 4.78 is 6.93. The van der Waals surface area contributed by atoms with Gasteiger partial charge < -0.3 is 4.74 Å². The summed E-state index contributed by atoms with van der Waals surface area (Å²) in [6.07, 6.45) is 8.14. The summed E-state index contributed by atoms with van der Waals surface area (Å²) in [6, 6.07) is 25.7. The topological polar surface area (TPSA) is 68.5 Å². The fourth-order valence-electron chi connectivity index (χ4n) is 5.95. The molecule has 4 aromatic rings. The van der Waals surface area contributed by atoms with Crippen LogP contribution in [0.5, 0.6) is 5.75 Å². The van der Waals surface area contributed by atoms with Gasteiger partial charge in [0.15, 0.2) is 0 Å². The van der Waals surface area contributed by atoms with E-state index in [9.17, 15) is 4.79 Å². The molecule has 6 heteroatoms. The maximum Gasteiger partial charge on any atom is 0.263 e. The molecular weight excluding hydrogens is 460 g/mol. The number of nitrogens with one attached hydrogen (secondary N) is 1. The highest BCUT2D eigenvalue weighted by atomic mass is 16.5. The normalized spacial score (nSPS) is 15.8. The van der Waals surface area contributed by atoms with Gasteiger partial charge in [0.25, 0.3) is 5.56 Å². The summed E-state index contributed by atoms with van der Waals surface area (Å²) in [5, 5.41) is 4.47. The zero-order chi connectivity index (χ0) is 25.2. The highest BCUT2D eigenvalue weighted by Gasteiger charge is 2.43. The molecule has 1 N–H and O–H groups in total. The second-order valence-electron chi connectivity index (χ2n) is 9.95. The molecule has 0 atom stereocenters. The van der Waals surface area contributed by atoms with E-state index >= 15 is 0 Å². The number of fused-ring (bicyclic) bond motifs is 4. The Balaban J connectivity index is 1.51. The monoisotopic (exact) mass is 490 g/mol. The van der Waals surface area contributed by atoms with Gasteiger partial charge in [-0.25, -0.2) is 15.0 Å². The number of hydrogen-bond donors (Lipinski definition) is 1. The second-order valence-corrected chi connectivity index (χ2v) is 9.95. The standard InChI is InChI=1S/C31H30N4O2/c1-37-25-16-14-22(15-17-25)21-32-34-30-33-28-26-13-7-6-10-23(26)20-31(18-8-3-9-19-31)27(28)29(36)35(30)24-11-4-2-5-12-24/h2,4-7,10-17,21H,3,8-9,18-20H2,1H3,(H,33,34)/b32-21-. The number of hydrazone groups is 1. The molecule has 3 aromatic carbocycles. The van der Waals surface area contributed by atoms with Crippen molar-refractivity contribution >= 4 is 12.2 Å². The Morgan fingerprint density at radius 3 is 2.43 bits per heavy atom. The van der Waals surface area contributed by atoms with E-state index in [0.717, 1.165) is 65.9 Å². The molecule has 0 unspecified atom stereocenters. The van der Waals surface area contributed by atoms with Gasteiger partial charge in [-0.2, -0.15) is 5.10 Å². The zero-order valence-electron chi connectivity index (χ0n) is 21.0. The molecule has 1 saturated carbocycles. The molecule has 37 heavy (non-hydrogen) atoms. The molecule has 6 nitrogen and oxygen atoms in total. The molecule has 1 spiro atoms. The van der Waals surface area contributed by atoms with Crippen molar-refractivity contribution in [2.75, 3.05) is 12.5 Å². The van der Waals surface area contributed by atoms with Gasteiger partial charge in [0.2, 0.25) is 5.95 Å². The third-order valence-electron chi connectivity index (χ3n) is 7.73. The zero-order valence-corrected chi connectivity index (χ0v) is 21.0. The molecule has 1 fully saturated rings. The van der Waals surface area contributed by atoms with E-state index in [1.165, 1.54) is 12.0 Å². The quantitative estimate of drug-likeness (QED) is 0.271. The maximum absolute atomic E-state index is 14.4. The molecule has 0 aliphatic heterocycles. The summed E-state index contributed by atoms with van der Waals surface area (Å²) in [6.45, 7) is 0. The maximum atomic E-state index is 14.4. The number of methoxy groups -OCH3 is 1. The van der Waals surface area contributed by atoms with Crippen molar-refractivity contribution in [3.63, 3.8) is 0 Å². The Bertz CT molecular complexity index is 1500. The van der Waals surface area contributed by atoms with Crippen LogP contribution in [0.3, 0.4) is 0 Å². The Kier molecular flexibility index (Phi) is 6.08. The number of rotatable bonds is 5. The van der Waals surface area contributed by atoms with E-state index in [4.69, 9.17) is 9.72 Å². The molecule has 186 valence electrons. The van der Waals surface area contributed by atoms with E-state index in [1.807, 2.05) is 60.7 Å². The Hall–Kier alpha value is -4.19. The first kappa shape index (κ1) is 23.2. The lowest BCUT2D eigenvalue weighted by atomic mass is 9.62. The van der Waals surface area contributed by atoms with Crippen LogP contribution < -0.4 is 15.7 Å². The number of hydrogen-bond acceptors (Lipinski definition) is 5. The average molecular weight is 491 g/mol.